The number of para-hydroxylation sites is 1. The molecule has 0 unspecified atom stereocenters. The maximum absolute atomic E-state index is 14.5. The molecule has 0 fully saturated rings. The molecule has 0 aliphatic carbocycles. The molecular weight excluding hydrogens is 380 g/mol. The van der Waals surface area contributed by atoms with Crippen LogP contribution in [0.1, 0.15) is 23.0 Å². The van der Waals surface area contributed by atoms with Gasteiger partial charge < -0.3 is 9.15 Å². The van der Waals surface area contributed by atoms with Gasteiger partial charge in [-0.15, -0.1) is 0 Å². The lowest BCUT2D eigenvalue weighted by Crippen LogP contribution is -2.24. The number of halogens is 4. The zero-order valence-corrected chi connectivity index (χ0v) is 14.8. The summed E-state index contributed by atoms with van der Waals surface area (Å²) < 4.78 is 66.2. The van der Waals surface area contributed by atoms with E-state index in [-0.39, 0.29) is 17.9 Å². The van der Waals surface area contributed by atoms with E-state index in [1.54, 1.807) is 37.3 Å². The second kappa shape index (κ2) is 7.71. The van der Waals surface area contributed by atoms with E-state index in [9.17, 15) is 22.4 Å². The molecule has 9 heteroatoms. The van der Waals surface area contributed by atoms with E-state index in [0.29, 0.717) is 5.69 Å². The molecule has 2 aromatic carbocycles. The molecule has 0 aliphatic heterocycles. The number of hydrogen-bond acceptors (Lipinski definition) is 5. The van der Waals surface area contributed by atoms with Crippen molar-refractivity contribution in [2.24, 2.45) is 5.10 Å². The van der Waals surface area contributed by atoms with Crippen LogP contribution in [0.5, 0.6) is 0 Å². The summed E-state index contributed by atoms with van der Waals surface area (Å²) in [5.41, 5.74) is 1.77. The standard InChI is InChI=1S/C19H14F4N2O3/c1-3-27-19(26)11-9(2)28-18-12(13(20)14(21)15(22)16(18)23)17(11)25-24-10-7-5-4-6-8-10/h4-8,24H,3H2,1-2H3/b25-17+. The van der Waals surface area contributed by atoms with Gasteiger partial charge >= 0.3 is 5.97 Å². The minimum atomic E-state index is -2.05. The van der Waals surface area contributed by atoms with E-state index in [0.717, 1.165) is 0 Å². The van der Waals surface area contributed by atoms with Gasteiger partial charge in [-0.1, -0.05) is 18.2 Å². The van der Waals surface area contributed by atoms with Crippen LogP contribution in [0.15, 0.2) is 39.9 Å². The van der Waals surface area contributed by atoms with Gasteiger partial charge in [-0.25, -0.2) is 18.0 Å². The summed E-state index contributed by atoms with van der Waals surface area (Å²) in [5, 5.41) is 2.63. The zero-order chi connectivity index (χ0) is 20.4. The largest absolute Gasteiger partial charge is 0.462 e. The van der Waals surface area contributed by atoms with Gasteiger partial charge in [-0.2, -0.15) is 9.49 Å². The summed E-state index contributed by atoms with van der Waals surface area (Å²) in [6.07, 6.45) is 0. The Kier molecular flexibility index (Phi) is 5.34. The summed E-state index contributed by atoms with van der Waals surface area (Å²) in [6, 6.07) is 8.34. The number of hydrogen-bond donors (Lipinski definition) is 1. The number of anilines is 1. The number of carbonyl (C=O) groups excluding carboxylic acids is 1. The fourth-order valence-corrected chi connectivity index (χ4v) is 2.60. The fraction of sp³-hybridized carbons (Fsp3) is 0.158. The summed E-state index contributed by atoms with van der Waals surface area (Å²) in [7, 11) is 0. The fourth-order valence-electron chi connectivity index (χ4n) is 2.60. The Bertz CT molecular complexity index is 1130. The first-order chi connectivity index (χ1) is 13.4. The van der Waals surface area contributed by atoms with Crippen LogP contribution < -0.4 is 10.8 Å². The van der Waals surface area contributed by atoms with Crippen molar-refractivity contribution >= 4 is 22.6 Å². The lowest BCUT2D eigenvalue weighted by atomic mass is 10.1. The number of esters is 1. The van der Waals surface area contributed by atoms with Gasteiger partial charge in [0, 0.05) is 0 Å². The highest BCUT2D eigenvalue weighted by molar-refractivity contribution is 5.94. The third kappa shape index (κ3) is 3.30. The van der Waals surface area contributed by atoms with Gasteiger partial charge in [-0.05, 0) is 26.0 Å². The topological polar surface area (TPSA) is 63.8 Å². The highest BCUT2D eigenvalue weighted by Gasteiger charge is 2.28. The molecule has 3 aromatic rings. The monoisotopic (exact) mass is 394 g/mol. The number of benzene rings is 2. The number of nitrogens with zero attached hydrogens (tertiary/aromatic N) is 1. The van der Waals surface area contributed by atoms with E-state index in [4.69, 9.17) is 9.15 Å². The highest BCUT2D eigenvalue weighted by atomic mass is 19.2. The van der Waals surface area contributed by atoms with Crippen molar-refractivity contribution in [2.75, 3.05) is 12.0 Å². The Hall–Kier alpha value is -3.36. The number of fused-ring (bicyclic) bond motifs is 1. The van der Waals surface area contributed by atoms with E-state index < -0.39 is 45.6 Å². The third-order valence-electron chi connectivity index (χ3n) is 3.85. The Morgan fingerprint density at radius 3 is 2.36 bits per heavy atom. The van der Waals surface area contributed by atoms with Gasteiger partial charge in [0.2, 0.25) is 11.6 Å². The molecule has 0 amide bonds. The Labute approximate surface area is 156 Å². The van der Waals surface area contributed by atoms with Gasteiger partial charge in [0.1, 0.15) is 16.7 Å². The predicted molar refractivity (Wildman–Crippen MR) is 92.4 cm³/mol. The van der Waals surface area contributed by atoms with E-state index >= 15 is 0 Å². The average Bonchev–Trinajstić information content (AvgIpc) is 2.69. The molecule has 0 radical (unpaired) electrons. The quantitative estimate of drug-likeness (QED) is 0.234. The molecule has 3 rings (SSSR count). The van der Waals surface area contributed by atoms with Crippen molar-refractivity contribution in [2.45, 2.75) is 13.8 Å². The number of carbonyl (C=O) groups is 1. The predicted octanol–water partition coefficient (Wildman–Crippen LogP) is 4.40. The third-order valence-corrected chi connectivity index (χ3v) is 3.85. The van der Waals surface area contributed by atoms with Crippen molar-refractivity contribution in [3.8, 4) is 0 Å². The van der Waals surface area contributed by atoms with E-state index in [1.807, 2.05) is 0 Å². The summed E-state index contributed by atoms with van der Waals surface area (Å²) in [5.74, 6) is -8.69. The maximum atomic E-state index is 14.5. The van der Waals surface area contributed by atoms with Crippen molar-refractivity contribution in [3.05, 3.63) is 70.3 Å². The first kappa shape index (κ1) is 19.4. The molecule has 0 bridgehead atoms. The van der Waals surface area contributed by atoms with Crippen LogP contribution in [0, 0.1) is 30.2 Å². The van der Waals surface area contributed by atoms with Crippen molar-refractivity contribution in [1.29, 1.82) is 0 Å². The molecule has 0 atom stereocenters. The average molecular weight is 394 g/mol. The molecule has 1 heterocycles. The summed E-state index contributed by atoms with van der Waals surface area (Å²) in [6.45, 7) is 2.79. The van der Waals surface area contributed by atoms with Gasteiger partial charge in [-0.3, -0.25) is 5.43 Å². The number of nitrogens with one attached hydrogen (secondary N) is 1. The van der Waals surface area contributed by atoms with Crippen molar-refractivity contribution in [3.63, 3.8) is 0 Å². The maximum Gasteiger partial charge on any atom is 0.343 e. The number of ether oxygens (including phenoxy) is 1. The van der Waals surface area contributed by atoms with Crippen molar-refractivity contribution in [1.82, 2.24) is 0 Å². The SMILES string of the molecule is CCOC(=O)c1c(C)oc2c(F)c(F)c(F)c(F)c2/c1=N/Nc1ccccc1. The summed E-state index contributed by atoms with van der Waals surface area (Å²) >= 11 is 0. The first-order valence-electron chi connectivity index (χ1n) is 8.18. The minimum Gasteiger partial charge on any atom is -0.462 e. The van der Waals surface area contributed by atoms with Crippen LogP contribution in [0.4, 0.5) is 23.2 Å². The first-order valence-corrected chi connectivity index (χ1v) is 8.18. The number of aryl methyl sites for hydroxylation is 1. The molecule has 5 nitrogen and oxygen atoms in total. The Morgan fingerprint density at radius 1 is 1.07 bits per heavy atom. The normalized spacial score (nSPS) is 11.7. The highest BCUT2D eigenvalue weighted by Crippen LogP contribution is 2.27. The molecule has 28 heavy (non-hydrogen) atoms. The second-order valence-corrected chi connectivity index (χ2v) is 5.65. The smallest absolute Gasteiger partial charge is 0.343 e. The van der Waals surface area contributed by atoms with Crippen LogP contribution in [0.3, 0.4) is 0 Å². The van der Waals surface area contributed by atoms with Gasteiger partial charge in [0.15, 0.2) is 17.2 Å². The molecule has 1 N–H and O–H groups in total. The molecule has 0 saturated carbocycles. The molecule has 0 aliphatic rings. The van der Waals surface area contributed by atoms with Crippen LogP contribution in [0.25, 0.3) is 11.0 Å². The van der Waals surface area contributed by atoms with Crippen LogP contribution >= 0.6 is 0 Å². The molecule has 146 valence electrons. The minimum absolute atomic E-state index is 0.0174. The van der Waals surface area contributed by atoms with Crippen LogP contribution in [-0.2, 0) is 4.74 Å². The number of rotatable bonds is 4. The Morgan fingerprint density at radius 2 is 1.71 bits per heavy atom. The van der Waals surface area contributed by atoms with E-state index in [1.165, 1.54) is 6.92 Å². The molecule has 1 aromatic heterocycles. The lowest BCUT2D eigenvalue weighted by Gasteiger charge is -2.11. The van der Waals surface area contributed by atoms with Crippen LogP contribution in [0.2, 0.25) is 0 Å². The summed E-state index contributed by atoms with van der Waals surface area (Å²) in [4.78, 5) is 12.3. The van der Waals surface area contributed by atoms with Crippen LogP contribution in [-0.4, -0.2) is 12.6 Å². The molecule has 0 spiro atoms. The molecular formula is C19H14F4N2O3. The second-order valence-electron chi connectivity index (χ2n) is 5.65. The zero-order valence-electron chi connectivity index (χ0n) is 14.8. The van der Waals surface area contributed by atoms with Crippen molar-refractivity contribution < 1.29 is 31.5 Å². The lowest BCUT2D eigenvalue weighted by molar-refractivity contribution is 0.0520. The van der Waals surface area contributed by atoms with Gasteiger partial charge in [0.05, 0.1) is 17.7 Å². The van der Waals surface area contributed by atoms with Gasteiger partial charge in [0.25, 0.3) is 0 Å². The molecule has 0 saturated heterocycles. The van der Waals surface area contributed by atoms with E-state index in [2.05, 4.69) is 10.5 Å². The Balaban J connectivity index is 2.41.